The second-order valence-electron chi connectivity index (χ2n) is 6.19. The molecule has 3 aromatic rings. The predicted molar refractivity (Wildman–Crippen MR) is 105 cm³/mol. The van der Waals surface area contributed by atoms with Gasteiger partial charge in [-0.2, -0.15) is 10.2 Å². The number of benzene rings is 2. The van der Waals surface area contributed by atoms with E-state index < -0.39 is 0 Å². The SMILES string of the molecule is Cc1n[nH]c(C)c1CCC(=O)N/N=C/c1cccc(Oc2ccccc2)c1. The lowest BCUT2D eigenvalue weighted by Gasteiger charge is -2.05. The Morgan fingerprint density at radius 2 is 1.93 bits per heavy atom. The molecule has 1 amide bonds. The standard InChI is InChI=1S/C21H22N4O2/c1-15-20(16(2)24-23-15)11-12-21(26)25-22-14-17-7-6-10-19(13-17)27-18-8-4-3-5-9-18/h3-10,13-14H,11-12H2,1-2H3,(H,23,24)(H,25,26)/b22-14+. The molecule has 138 valence electrons. The predicted octanol–water partition coefficient (Wildman–Crippen LogP) is 3.90. The molecule has 0 unspecified atom stereocenters. The molecule has 0 spiro atoms. The van der Waals surface area contributed by atoms with Crippen molar-refractivity contribution in [1.82, 2.24) is 15.6 Å². The van der Waals surface area contributed by atoms with Gasteiger partial charge in [-0.3, -0.25) is 9.89 Å². The Balaban J connectivity index is 1.52. The van der Waals surface area contributed by atoms with E-state index in [-0.39, 0.29) is 5.91 Å². The summed E-state index contributed by atoms with van der Waals surface area (Å²) in [6.45, 7) is 3.88. The number of para-hydroxylation sites is 1. The average Bonchev–Trinajstić information content (AvgIpc) is 2.99. The van der Waals surface area contributed by atoms with Crippen LogP contribution in [0.5, 0.6) is 11.5 Å². The lowest BCUT2D eigenvalue weighted by atomic mass is 10.1. The first-order chi connectivity index (χ1) is 13.1. The van der Waals surface area contributed by atoms with Gasteiger partial charge in [-0.1, -0.05) is 30.3 Å². The lowest BCUT2D eigenvalue weighted by molar-refractivity contribution is -0.121. The molecule has 27 heavy (non-hydrogen) atoms. The van der Waals surface area contributed by atoms with E-state index in [4.69, 9.17) is 4.74 Å². The van der Waals surface area contributed by atoms with Crippen LogP contribution in [0.2, 0.25) is 0 Å². The number of carbonyl (C=O) groups excluding carboxylic acids is 1. The van der Waals surface area contributed by atoms with Crippen molar-refractivity contribution >= 4 is 12.1 Å². The number of nitrogens with one attached hydrogen (secondary N) is 2. The van der Waals surface area contributed by atoms with Crippen molar-refractivity contribution in [2.24, 2.45) is 5.10 Å². The van der Waals surface area contributed by atoms with E-state index in [0.29, 0.717) is 18.6 Å². The zero-order valence-electron chi connectivity index (χ0n) is 15.4. The van der Waals surface area contributed by atoms with E-state index in [2.05, 4.69) is 20.7 Å². The smallest absolute Gasteiger partial charge is 0.240 e. The van der Waals surface area contributed by atoms with E-state index in [9.17, 15) is 4.79 Å². The number of aromatic nitrogens is 2. The highest BCUT2D eigenvalue weighted by Crippen LogP contribution is 2.21. The first-order valence-corrected chi connectivity index (χ1v) is 8.77. The van der Waals surface area contributed by atoms with Crippen LogP contribution in [0.3, 0.4) is 0 Å². The largest absolute Gasteiger partial charge is 0.457 e. The van der Waals surface area contributed by atoms with Crippen LogP contribution < -0.4 is 10.2 Å². The van der Waals surface area contributed by atoms with E-state index >= 15 is 0 Å². The zero-order valence-corrected chi connectivity index (χ0v) is 15.4. The maximum absolute atomic E-state index is 12.0. The zero-order chi connectivity index (χ0) is 19.1. The van der Waals surface area contributed by atoms with Crippen LogP contribution >= 0.6 is 0 Å². The minimum Gasteiger partial charge on any atom is -0.457 e. The van der Waals surface area contributed by atoms with Gasteiger partial charge in [0.05, 0.1) is 11.9 Å². The van der Waals surface area contributed by atoms with Gasteiger partial charge in [0.2, 0.25) is 5.91 Å². The molecule has 0 saturated carbocycles. The van der Waals surface area contributed by atoms with Crippen LogP contribution in [0.25, 0.3) is 0 Å². The number of hydrogen-bond acceptors (Lipinski definition) is 4. The van der Waals surface area contributed by atoms with Gasteiger partial charge in [-0.05, 0) is 55.7 Å². The Hall–Kier alpha value is -3.41. The summed E-state index contributed by atoms with van der Waals surface area (Å²) >= 11 is 0. The molecule has 3 rings (SSSR count). The second-order valence-corrected chi connectivity index (χ2v) is 6.19. The van der Waals surface area contributed by atoms with Crippen molar-refractivity contribution in [1.29, 1.82) is 0 Å². The first kappa shape index (κ1) is 18.4. The quantitative estimate of drug-likeness (QED) is 0.494. The van der Waals surface area contributed by atoms with Crippen molar-refractivity contribution < 1.29 is 9.53 Å². The summed E-state index contributed by atoms with van der Waals surface area (Å²) in [4.78, 5) is 12.0. The van der Waals surface area contributed by atoms with Crippen LogP contribution in [0.1, 0.15) is 28.9 Å². The molecule has 6 heteroatoms. The van der Waals surface area contributed by atoms with Crippen molar-refractivity contribution in [2.45, 2.75) is 26.7 Å². The lowest BCUT2D eigenvalue weighted by Crippen LogP contribution is -2.18. The van der Waals surface area contributed by atoms with Gasteiger partial charge in [0.1, 0.15) is 11.5 Å². The number of aromatic amines is 1. The molecular weight excluding hydrogens is 340 g/mol. The van der Waals surface area contributed by atoms with E-state index in [1.54, 1.807) is 6.21 Å². The van der Waals surface area contributed by atoms with E-state index in [0.717, 1.165) is 28.3 Å². The maximum Gasteiger partial charge on any atom is 0.240 e. The van der Waals surface area contributed by atoms with Gasteiger partial charge in [-0.15, -0.1) is 0 Å². The first-order valence-electron chi connectivity index (χ1n) is 8.77. The number of amides is 1. The molecule has 0 bridgehead atoms. The number of nitrogens with zero attached hydrogens (tertiary/aromatic N) is 2. The van der Waals surface area contributed by atoms with Crippen LogP contribution in [0.15, 0.2) is 59.7 Å². The molecule has 2 aromatic carbocycles. The van der Waals surface area contributed by atoms with Crippen LogP contribution in [0.4, 0.5) is 0 Å². The highest BCUT2D eigenvalue weighted by Gasteiger charge is 2.08. The molecular formula is C21H22N4O2. The fourth-order valence-electron chi connectivity index (χ4n) is 2.70. The summed E-state index contributed by atoms with van der Waals surface area (Å²) in [5, 5.41) is 11.1. The minimum absolute atomic E-state index is 0.136. The van der Waals surface area contributed by atoms with Gasteiger partial charge in [0.25, 0.3) is 0 Å². The van der Waals surface area contributed by atoms with Gasteiger partial charge in [0.15, 0.2) is 0 Å². The third kappa shape index (κ3) is 5.28. The molecule has 0 atom stereocenters. The van der Waals surface area contributed by atoms with Gasteiger partial charge >= 0.3 is 0 Å². The Morgan fingerprint density at radius 1 is 1.15 bits per heavy atom. The number of aryl methyl sites for hydroxylation is 2. The van der Waals surface area contributed by atoms with E-state index in [1.807, 2.05) is 68.4 Å². The van der Waals surface area contributed by atoms with Crippen molar-refractivity contribution in [2.75, 3.05) is 0 Å². The fourth-order valence-corrected chi connectivity index (χ4v) is 2.70. The number of ether oxygens (including phenoxy) is 1. The summed E-state index contributed by atoms with van der Waals surface area (Å²) < 4.78 is 5.79. The monoisotopic (exact) mass is 362 g/mol. The van der Waals surface area contributed by atoms with Crippen LogP contribution in [0, 0.1) is 13.8 Å². The number of carbonyl (C=O) groups is 1. The highest BCUT2D eigenvalue weighted by atomic mass is 16.5. The number of hydrazone groups is 1. The highest BCUT2D eigenvalue weighted by molar-refractivity contribution is 5.82. The Morgan fingerprint density at radius 3 is 2.67 bits per heavy atom. The Labute approximate surface area is 158 Å². The minimum atomic E-state index is -0.136. The molecule has 0 aliphatic heterocycles. The molecule has 0 aliphatic rings. The van der Waals surface area contributed by atoms with Crippen molar-refractivity contribution in [3.8, 4) is 11.5 Å². The number of hydrogen-bond donors (Lipinski definition) is 2. The summed E-state index contributed by atoms with van der Waals surface area (Å²) in [5.74, 6) is 1.34. The molecule has 0 fully saturated rings. The summed E-state index contributed by atoms with van der Waals surface area (Å²) in [5.41, 5.74) is 6.41. The van der Waals surface area contributed by atoms with Gasteiger partial charge < -0.3 is 4.74 Å². The topological polar surface area (TPSA) is 79.4 Å². The molecule has 1 heterocycles. The third-order valence-electron chi connectivity index (χ3n) is 4.12. The summed E-state index contributed by atoms with van der Waals surface area (Å²) in [6.07, 6.45) is 2.59. The third-order valence-corrected chi connectivity index (χ3v) is 4.12. The molecule has 6 nitrogen and oxygen atoms in total. The number of H-pyrrole nitrogens is 1. The Bertz CT molecular complexity index is 913. The average molecular weight is 362 g/mol. The fraction of sp³-hybridized carbons (Fsp3) is 0.190. The molecule has 0 aliphatic carbocycles. The van der Waals surface area contributed by atoms with Gasteiger partial charge in [-0.25, -0.2) is 5.43 Å². The molecule has 0 radical (unpaired) electrons. The Kier molecular flexibility index (Phi) is 5.99. The summed E-state index contributed by atoms with van der Waals surface area (Å²) in [6, 6.07) is 17.1. The second kappa shape index (κ2) is 8.80. The molecule has 1 aromatic heterocycles. The molecule has 0 saturated heterocycles. The maximum atomic E-state index is 12.0. The van der Waals surface area contributed by atoms with Crippen molar-refractivity contribution in [3.63, 3.8) is 0 Å². The van der Waals surface area contributed by atoms with Crippen LogP contribution in [-0.2, 0) is 11.2 Å². The van der Waals surface area contributed by atoms with Gasteiger partial charge in [0, 0.05) is 12.1 Å². The molecule has 2 N–H and O–H groups in total. The van der Waals surface area contributed by atoms with E-state index in [1.165, 1.54) is 0 Å². The van der Waals surface area contributed by atoms with Crippen molar-refractivity contribution in [3.05, 3.63) is 77.1 Å². The normalized spacial score (nSPS) is 10.9. The van der Waals surface area contributed by atoms with Crippen LogP contribution in [-0.4, -0.2) is 22.3 Å². The number of rotatable bonds is 7. The summed E-state index contributed by atoms with van der Waals surface area (Å²) in [7, 11) is 0.